The number of nitriles is 1. The van der Waals surface area contributed by atoms with Crippen LogP contribution in [0.15, 0.2) is 114 Å². The van der Waals surface area contributed by atoms with Gasteiger partial charge in [-0.2, -0.15) is 5.26 Å². The summed E-state index contributed by atoms with van der Waals surface area (Å²) in [5, 5.41) is 37.0. The van der Waals surface area contributed by atoms with Gasteiger partial charge in [-0.1, -0.05) is 103 Å². The molecule has 6 atom stereocenters. The number of alkyl carbamates (subject to hydrolysis) is 4. The largest absolute Gasteiger partial charge is 0.481 e. The number of carboxylic acids is 2. The van der Waals surface area contributed by atoms with E-state index in [1.807, 2.05) is 54.6 Å². The molecule has 4 fully saturated rings. The zero-order valence-corrected chi connectivity index (χ0v) is 88.6. The van der Waals surface area contributed by atoms with Gasteiger partial charge in [0.05, 0.1) is 87.8 Å². The van der Waals surface area contributed by atoms with Crippen molar-refractivity contribution in [2.45, 2.75) is 244 Å². The lowest BCUT2D eigenvalue weighted by atomic mass is 9.91. The highest BCUT2D eigenvalue weighted by Crippen LogP contribution is 2.45. The maximum Gasteiger partial charge on any atom is 0.408 e. The molecular weight excluding hydrogens is 2050 g/mol. The Morgan fingerprint density at radius 2 is 0.810 bits per heavy atom. The smallest absolute Gasteiger partial charge is 0.408 e. The van der Waals surface area contributed by atoms with Crippen molar-refractivity contribution in [1.29, 1.82) is 5.26 Å². The number of aliphatic carboxylic acids is 2. The maximum atomic E-state index is 13.7. The average molecular weight is 2190 g/mol. The van der Waals surface area contributed by atoms with E-state index in [4.69, 9.17) is 137 Å². The molecule has 0 radical (unpaired) electrons. The molecule has 0 spiro atoms. The number of hydrogen-bond donors (Lipinski definition) is 9. The number of halogens is 5. The summed E-state index contributed by atoms with van der Waals surface area (Å²) in [4.78, 5) is 190. The van der Waals surface area contributed by atoms with Gasteiger partial charge < -0.3 is 116 Å². The van der Waals surface area contributed by atoms with Crippen LogP contribution in [0.4, 0.5) is 30.8 Å². The van der Waals surface area contributed by atoms with Gasteiger partial charge in [0.2, 0.25) is 41.4 Å². The molecule has 147 heavy (non-hydrogen) atoms. The summed E-state index contributed by atoms with van der Waals surface area (Å²) in [6.45, 7) is 30.8. The second-order valence-electron chi connectivity index (χ2n) is 37.1. The first-order chi connectivity index (χ1) is 68.4. The first-order valence-electron chi connectivity index (χ1n) is 46.4. The Kier molecular flexibility index (Phi) is 55.9. The van der Waals surface area contributed by atoms with Crippen LogP contribution in [0.25, 0.3) is 0 Å². The average Bonchev–Trinajstić information content (AvgIpc) is 1.55. The third-order valence-corrected chi connectivity index (χ3v) is 22.3. The number of rotatable bonds is 32. The molecule has 44 nitrogen and oxygen atoms in total. The van der Waals surface area contributed by atoms with Crippen LogP contribution in [0.5, 0.6) is 0 Å². The van der Waals surface area contributed by atoms with Gasteiger partial charge in [-0.05, 0) is 169 Å². The molecule has 0 bridgehead atoms. The number of aromatic nitrogens is 2. The van der Waals surface area contributed by atoms with Crippen molar-refractivity contribution < 1.29 is 138 Å². The molecule has 11 amide bonds. The van der Waals surface area contributed by atoms with Crippen molar-refractivity contribution in [1.82, 2.24) is 50.4 Å². The predicted octanol–water partition coefficient (Wildman–Crippen LogP) is 10.5. The first-order valence-corrected chi connectivity index (χ1v) is 50.5. The molecule has 4 aromatic carbocycles. The lowest BCUT2D eigenvalue weighted by molar-refractivity contribution is -0.149. The molecule has 1 aromatic heterocycles. The minimum atomic E-state index is -4.21. The highest BCUT2D eigenvalue weighted by atomic mass is 35.7. The topological polar surface area (TPSA) is 607 Å². The number of hydrogen-bond acceptors (Lipinski definition) is 30. The highest BCUT2D eigenvalue weighted by Gasteiger charge is 2.52. The lowest BCUT2D eigenvalue weighted by Gasteiger charge is -2.27. The van der Waals surface area contributed by atoms with Crippen molar-refractivity contribution in [3.05, 3.63) is 142 Å². The van der Waals surface area contributed by atoms with Crippen LogP contribution in [0.1, 0.15) is 184 Å². The molecule has 5 aromatic rings. The highest BCUT2D eigenvalue weighted by molar-refractivity contribution is 8.13. The summed E-state index contributed by atoms with van der Waals surface area (Å²) in [6.07, 6.45) is -1.01. The van der Waals surface area contributed by atoms with Crippen LogP contribution in [-0.2, 0) is 134 Å². The molecule has 816 valence electrons. The second kappa shape index (κ2) is 63.7. The summed E-state index contributed by atoms with van der Waals surface area (Å²) in [6, 6.07) is 26.7. The van der Waals surface area contributed by atoms with Gasteiger partial charge in [0.25, 0.3) is 15.0 Å². The summed E-state index contributed by atoms with van der Waals surface area (Å²) in [5.41, 5.74) is 14.7. The van der Waals surface area contributed by atoms with E-state index in [-0.39, 0.29) is 125 Å². The fourth-order valence-corrected chi connectivity index (χ4v) is 15.1. The number of amides is 11. The van der Waals surface area contributed by atoms with Crippen LogP contribution < -0.4 is 43.4 Å². The predicted molar refractivity (Wildman–Crippen MR) is 543 cm³/mol. The van der Waals surface area contributed by atoms with E-state index in [1.165, 1.54) is 27.7 Å². The Labute approximate surface area is 880 Å². The molecule has 6 heterocycles. The SMILES string of the molecule is C.CC(C)(C)OC(=O)N[C@@H](CCC(=O)N1CCOCC1)C(=O)O.CC(C)(C)OC(=O)N[C@@H](CCC(=O)N1CCOCC1)C(=O)OCc1ccccc1.CC(C)(C)OC(=O)N[C@@H](CCC(=O)N1CCOCC1)C(N)=O.CC(C)(C)OC(=O)N[C@@H](CCC(=O)O)C(=O)OCc1ccccc1.C[C@@]1(Cc2ccc(C#N)cc2)C(=O)N(c2cc(Cl)cc(Cl)c2)c2ncc(S(=O)(=O)Cl)n21.ClCCl.NC(=O)C(N)CCC(=O)N1CCOCC1. The quantitative estimate of drug-likeness (QED) is 0.00836. The number of anilines is 2. The van der Waals surface area contributed by atoms with Crippen LogP contribution in [-0.4, -0.2) is 301 Å². The Morgan fingerprint density at radius 3 is 1.12 bits per heavy atom. The lowest BCUT2D eigenvalue weighted by Crippen LogP contribution is -2.47. The fraction of sp³-hybridized carbons (Fsp3) is 0.557. The van der Waals surface area contributed by atoms with E-state index in [1.54, 1.807) is 146 Å². The Bertz CT molecular complexity index is 5180. The molecule has 5 aliphatic rings. The number of primary amides is 2. The van der Waals surface area contributed by atoms with Gasteiger partial charge in [0.15, 0.2) is 5.03 Å². The van der Waals surface area contributed by atoms with E-state index in [9.17, 15) is 80.3 Å². The standard InChI is InChI=1S/C21H30N2O6.C20H13Cl3N4O3S.C17H23NO6.C14H25N3O5.C14H24N2O6.C9H17N3O3.CH2Cl2.CH4/c1-21(2,3)29-20(26)22-17(9-10-18(24)23-11-13-27-14-12-23)19(25)28-15-16-7-5-4-6-8-16;1-20(9-12-2-4-13(10-24)5-3-12)18(28)26(16-7-14(21)6-15(22)8-16)19-25-11-17(27(19)20)31(23,29)30;1-17(2,3)24-16(22)18-13(9-10-14(19)20)15(21)23-11-12-7-5-4-6-8-12;1-14(2,3)22-13(20)16-10(12(15)19)4-5-11(18)17-6-8-21-9-7-17;1-14(2,3)22-13(20)15-10(12(18)19)4-5-11(17)16-6-8-21-9-7-16;10-7(9(11)14)1-2-8(13)12-3-5-15-6-4-12;2-1-3;/h4-8,17H,9-15H2,1-3H3,(H,22,26);2-8,11H,9H2,1H3;4-8,13H,9-11H2,1-3H3,(H,18,22)(H,19,20);10H,4-9H2,1-3H3,(H2,15,19)(H,16,20);10H,4-9H2,1-3H3,(H,15,20)(H,18,19);7H,1-6,10H2,(H2,11,14);1H2;1H4/t17-;20-;13-;2*10-;;;/m01000.../s1. The Hall–Kier alpha value is -12.0. The van der Waals surface area contributed by atoms with Crippen LogP contribution >= 0.6 is 57.1 Å². The molecule has 4 saturated heterocycles. The summed E-state index contributed by atoms with van der Waals surface area (Å²) >= 11 is 21.8. The van der Waals surface area contributed by atoms with Gasteiger partial charge in [0, 0.05) is 112 Å². The number of esters is 2. The number of nitrogens with two attached hydrogens (primary N) is 3. The number of alkyl halides is 2. The molecule has 1 unspecified atom stereocenters. The van der Waals surface area contributed by atoms with Gasteiger partial charge in [0.1, 0.15) is 65.3 Å². The number of fused-ring (bicyclic) bond motifs is 1. The number of benzene rings is 4. The van der Waals surface area contributed by atoms with E-state index in [0.717, 1.165) is 22.9 Å². The van der Waals surface area contributed by atoms with Crippen LogP contribution in [0.2, 0.25) is 10.0 Å². The minimum Gasteiger partial charge on any atom is -0.481 e. The zero-order chi connectivity index (χ0) is 109. The normalized spacial score (nSPS) is 15.9. The Morgan fingerprint density at radius 1 is 0.490 bits per heavy atom. The van der Waals surface area contributed by atoms with Crippen LogP contribution in [0, 0.1) is 11.3 Å². The summed E-state index contributed by atoms with van der Waals surface area (Å²) < 4.78 is 77.4. The van der Waals surface area contributed by atoms with Crippen molar-refractivity contribution >= 4 is 167 Å². The number of imidazole rings is 1. The summed E-state index contributed by atoms with van der Waals surface area (Å²) in [7, 11) is 1.44. The first kappa shape index (κ1) is 129. The molecule has 12 N–H and O–H groups in total. The van der Waals surface area contributed by atoms with Gasteiger partial charge in [-0.15, -0.1) is 23.2 Å². The van der Waals surface area contributed by atoms with Gasteiger partial charge >= 0.3 is 48.3 Å². The van der Waals surface area contributed by atoms with Crippen molar-refractivity contribution in [3.8, 4) is 6.07 Å². The molecule has 0 aliphatic carbocycles. The minimum absolute atomic E-state index is 0. The number of ether oxygens (including phenoxy) is 10. The van der Waals surface area contributed by atoms with E-state index in [2.05, 4.69) is 26.3 Å². The number of carboxylic acid groups (broad SMARTS) is 2. The maximum absolute atomic E-state index is 13.7. The number of nitrogens with zero attached hydrogens (tertiary/aromatic N) is 8. The van der Waals surface area contributed by atoms with E-state index < -0.39 is 133 Å². The van der Waals surface area contributed by atoms with Crippen molar-refractivity contribution in [2.75, 3.05) is 115 Å². The third kappa shape index (κ3) is 50.5. The summed E-state index contributed by atoms with van der Waals surface area (Å²) in [5.74, 6) is -5.47. The van der Waals surface area contributed by atoms with Crippen LogP contribution in [0.3, 0.4) is 0 Å². The molecular formula is C97H138Cl5N15O29S. The number of carbonyl (C=O) groups excluding carboxylic acids is 13. The second-order valence-corrected chi connectivity index (χ2v) is 41.3. The monoisotopic (exact) mass is 2180 g/mol. The number of morpholine rings is 4. The molecule has 0 saturated carbocycles. The molecule has 5 aliphatic heterocycles. The fourth-order valence-electron chi connectivity index (χ4n) is 13.6. The third-order valence-electron chi connectivity index (χ3n) is 20.6. The number of carbonyl (C=O) groups is 15. The van der Waals surface area contributed by atoms with Crippen molar-refractivity contribution in [3.63, 3.8) is 0 Å². The zero-order valence-electron chi connectivity index (χ0n) is 84.0. The van der Waals surface area contributed by atoms with Gasteiger partial charge in [-0.25, -0.2) is 51.9 Å². The van der Waals surface area contributed by atoms with E-state index in [0.29, 0.717) is 133 Å². The molecule has 50 heteroatoms. The Balaban J connectivity index is 0.000000455. The van der Waals surface area contributed by atoms with Gasteiger partial charge in [-0.3, -0.25) is 42.9 Å². The van der Waals surface area contributed by atoms with E-state index >= 15 is 0 Å². The van der Waals surface area contributed by atoms with Crippen molar-refractivity contribution in [2.24, 2.45) is 17.2 Å². The number of nitrogens with one attached hydrogen (secondary N) is 4. The molecule has 10 rings (SSSR count).